The Morgan fingerprint density at radius 1 is 0.971 bits per heavy atom. The molecule has 35 heavy (non-hydrogen) atoms. The highest BCUT2D eigenvalue weighted by Crippen LogP contribution is 2.29. The molecule has 4 aromatic rings. The minimum Gasteiger partial charge on any atom is -0.497 e. The molecule has 5 heterocycles. The maximum absolute atomic E-state index is 5.57. The second kappa shape index (κ2) is 9.44. The van der Waals surface area contributed by atoms with E-state index in [4.69, 9.17) is 34.3 Å². The van der Waals surface area contributed by atoms with Crippen molar-refractivity contribution in [2.75, 3.05) is 51.5 Å². The van der Waals surface area contributed by atoms with Crippen LogP contribution in [0.2, 0.25) is 0 Å². The molecule has 0 aliphatic carbocycles. The number of hydrogen-bond donors (Lipinski definition) is 0. The molecule has 3 aromatic heterocycles. The van der Waals surface area contributed by atoms with Crippen molar-refractivity contribution in [3.8, 4) is 23.0 Å². The van der Waals surface area contributed by atoms with Gasteiger partial charge in [-0.15, -0.1) is 0 Å². The van der Waals surface area contributed by atoms with Gasteiger partial charge in [-0.3, -0.25) is 4.98 Å². The standard InChI is InChI=1S/C26H26N6O3/c1-33-21-4-2-3-19(15-21)22-5-8-32(30-22)26-28-23-16-20(18-6-11-34-12-7-18)17-27-24(23)25(29-26)31-9-13-35-14-10-31/h2-6,8,15-17H,7,9-14H2,1H3. The summed E-state index contributed by atoms with van der Waals surface area (Å²) in [4.78, 5) is 16.8. The van der Waals surface area contributed by atoms with E-state index in [1.165, 1.54) is 5.57 Å². The molecule has 0 unspecified atom stereocenters. The number of fused-ring (bicyclic) bond motifs is 1. The normalized spacial score (nSPS) is 16.4. The fourth-order valence-corrected chi connectivity index (χ4v) is 4.43. The van der Waals surface area contributed by atoms with Gasteiger partial charge in [-0.2, -0.15) is 10.1 Å². The molecular formula is C26H26N6O3. The maximum atomic E-state index is 5.57. The number of pyridine rings is 1. The summed E-state index contributed by atoms with van der Waals surface area (Å²) in [5.41, 5.74) is 5.66. The molecule has 0 radical (unpaired) electrons. The predicted octanol–water partition coefficient (Wildman–Crippen LogP) is 3.53. The molecule has 1 fully saturated rings. The molecule has 0 spiro atoms. The zero-order chi connectivity index (χ0) is 23.6. The Kier molecular flexibility index (Phi) is 5.85. The summed E-state index contributed by atoms with van der Waals surface area (Å²) in [6.07, 6.45) is 6.79. The highest BCUT2D eigenvalue weighted by atomic mass is 16.5. The number of rotatable bonds is 5. The van der Waals surface area contributed by atoms with E-state index in [9.17, 15) is 0 Å². The molecule has 0 saturated carbocycles. The summed E-state index contributed by atoms with van der Waals surface area (Å²) in [6.45, 7) is 4.18. The van der Waals surface area contributed by atoms with Crippen molar-refractivity contribution >= 4 is 22.4 Å². The van der Waals surface area contributed by atoms with Crippen molar-refractivity contribution in [3.63, 3.8) is 0 Å². The summed E-state index contributed by atoms with van der Waals surface area (Å²) in [5, 5.41) is 4.78. The van der Waals surface area contributed by atoms with Gasteiger partial charge >= 0.3 is 0 Å². The van der Waals surface area contributed by atoms with E-state index in [0.29, 0.717) is 25.8 Å². The van der Waals surface area contributed by atoms with E-state index in [1.54, 1.807) is 11.8 Å². The van der Waals surface area contributed by atoms with Crippen molar-refractivity contribution in [2.24, 2.45) is 0 Å². The van der Waals surface area contributed by atoms with Gasteiger partial charge in [0.25, 0.3) is 5.95 Å². The van der Waals surface area contributed by atoms with Crippen LogP contribution in [0.4, 0.5) is 5.82 Å². The number of anilines is 1. The van der Waals surface area contributed by atoms with E-state index in [2.05, 4.69) is 17.0 Å². The SMILES string of the molecule is COc1cccc(-c2ccn(-c3nc(N4CCOCC4)c4ncc(C5=CCOCC5)cc4n3)n2)c1. The molecule has 9 nitrogen and oxygen atoms in total. The van der Waals surface area contributed by atoms with Gasteiger partial charge in [0.15, 0.2) is 5.82 Å². The van der Waals surface area contributed by atoms with E-state index in [1.807, 2.05) is 42.7 Å². The Labute approximate surface area is 203 Å². The molecule has 0 atom stereocenters. The highest BCUT2D eigenvalue weighted by molar-refractivity contribution is 5.88. The molecule has 2 aliphatic heterocycles. The maximum Gasteiger partial charge on any atom is 0.253 e. The molecule has 1 aromatic carbocycles. The molecule has 0 bridgehead atoms. The Bertz CT molecular complexity index is 1390. The minimum absolute atomic E-state index is 0.507. The van der Waals surface area contributed by atoms with Crippen LogP contribution in [0.5, 0.6) is 5.75 Å². The molecule has 2 aliphatic rings. The molecule has 1 saturated heterocycles. The van der Waals surface area contributed by atoms with Crippen molar-refractivity contribution in [2.45, 2.75) is 6.42 Å². The monoisotopic (exact) mass is 470 g/mol. The lowest BCUT2D eigenvalue weighted by atomic mass is 10.0. The number of methoxy groups -OCH3 is 1. The Hall–Kier alpha value is -3.82. The quantitative estimate of drug-likeness (QED) is 0.438. The first-order valence-corrected chi connectivity index (χ1v) is 11.8. The number of ether oxygens (including phenoxy) is 3. The predicted molar refractivity (Wildman–Crippen MR) is 133 cm³/mol. The molecule has 9 heteroatoms. The largest absolute Gasteiger partial charge is 0.497 e. The van der Waals surface area contributed by atoms with Crippen LogP contribution in [-0.4, -0.2) is 71.4 Å². The van der Waals surface area contributed by atoms with Crippen LogP contribution >= 0.6 is 0 Å². The Morgan fingerprint density at radius 3 is 2.71 bits per heavy atom. The van der Waals surface area contributed by atoms with Crippen molar-refractivity contribution in [3.05, 3.63) is 60.4 Å². The summed E-state index contributed by atoms with van der Waals surface area (Å²) < 4.78 is 18.1. The van der Waals surface area contributed by atoms with Gasteiger partial charge in [0.05, 0.1) is 44.7 Å². The number of hydrogen-bond acceptors (Lipinski definition) is 8. The topological polar surface area (TPSA) is 87.4 Å². The van der Waals surface area contributed by atoms with E-state index in [0.717, 1.165) is 65.5 Å². The average Bonchev–Trinajstić information content (AvgIpc) is 3.44. The molecule has 0 amide bonds. The van der Waals surface area contributed by atoms with Crippen molar-refractivity contribution < 1.29 is 14.2 Å². The first-order chi connectivity index (χ1) is 17.3. The lowest BCUT2D eigenvalue weighted by molar-refractivity contribution is 0.122. The van der Waals surface area contributed by atoms with Gasteiger partial charge < -0.3 is 19.1 Å². The Balaban J connectivity index is 1.45. The first kappa shape index (κ1) is 21.7. The van der Waals surface area contributed by atoms with E-state index < -0.39 is 0 Å². The summed E-state index contributed by atoms with van der Waals surface area (Å²) in [5.74, 6) is 2.10. The first-order valence-electron chi connectivity index (χ1n) is 11.8. The third-order valence-corrected chi connectivity index (χ3v) is 6.31. The van der Waals surface area contributed by atoms with Crippen LogP contribution in [0.3, 0.4) is 0 Å². The zero-order valence-corrected chi connectivity index (χ0v) is 19.6. The number of morpholine rings is 1. The summed E-state index contributed by atoms with van der Waals surface area (Å²) in [7, 11) is 1.66. The molecule has 178 valence electrons. The average molecular weight is 471 g/mol. The third-order valence-electron chi connectivity index (χ3n) is 6.31. The van der Waals surface area contributed by atoms with Gasteiger partial charge in [0.2, 0.25) is 0 Å². The fourth-order valence-electron chi connectivity index (χ4n) is 4.43. The molecule has 0 N–H and O–H groups in total. The Morgan fingerprint density at radius 2 is 1.89 bits per heavy atom. The number of nitrogens with zero attached hydrogens (tertiary/aromatic N) is 6. The lowest BCUT2D eigenvalue weighted by Crippen LogP contribution is -2.37. The van der Waals surface area contributed by atoms with Gasteiger partial charge in [0.1, 0.15) is 11.3 Å². The highest BCUT2D eigenvalue weighted by Gasteiger charge is 2.20. The van der Waals surface area contributed by atoms with E-state index in [-0.39, 0.29) is 0 Å². The van der Waals surface area contributed by atoms with Crippen molar-refractivity contribution in [1.82, 2.24) is 24.7 Å². The van der Waals surface area contributed by atoms with Gasteiger partial charge in [-0.05, 0) is 41.8 Å². The lowest BCUT2D eigenvalue weighted by Gasteiger charge is -2.28. The van der Waals surface area contributed by atoms with Crippen molar-refractivity contribution in [1.29, 1.82) is 0 Å². The number of aromatic nitrogens is 5. The summed E-state index contributed by atoms with van der Waals surface area (Å²) in [6, 6.07) is 11.9. The van der Waals surface area contributed by atoms with E-state index >= 15 is 0 Å². The summed E-state index contributed by atoms with van der Waals surface area (Å²) >= 11 is 0. The van der Waals surface area contributed by atoms with Crippen LogP contribution in [-0.2, 0) is 9.47 Å². The van der Waals surface area contributed by atoms with Gasteiger partial charge in [-0.1, -0.05) is 18.2 Å². The molecule has 6 rings (SSSR count). The zero-order valence-electron chi connectivity index (χ0n) is 19.6. The second-order valence-electron chi connectivity index (χ2n) is 8.47. The number of benzene rings is 1. The smallest absolute Gasteiger partial charge is 0.253 e. The minimum atomic E-state index is 0.507. The van der Waals surface area contributed by atoms with Crippen LogP contribution < -0.4 is 9.64 Å². The van der Waals surface area contributed by atoms with Crippen LogP contribution in [0.1, 0.15) is 12.0 Å². The second-order valence-corrected chi connectivity index (χ2v) is 8.47. The van der Waals surface area contributed by atoms with Crippen LogP contribution in [0.25, 0.3) is 33.8 Å². The third kappa shape index (κ3) is 4.36. The van der Waals surface area contributed by atoms with Crippen LogP contribution in [0.15, 0.2) is 54.9 Å². The van der Waals surface area contributed by atoms with Crippen LogP contribution in [0, 0.1) is 0 Å². The van der Waals surface area contributed by atoms with Gasteiger partial charge in [0, 0.05) is 31.0 Å². The fraction of sp³-hybridized carbons (Fsp3) is 0.308. The molecular weight excluding hydrogens is 444 g/mol. The van der Waals surface area contributed by atoms with Gasteiger partial charge in [-0.25, -0.2) is 9.67 Å².